The van der Waals surface area contributed by atoms with Crippen LogP contribution in [0.2, 0.25) is 0 Å². The summed E-state index contributed by atoms with van der Waals surface area (Å²) in [6, 6.07) is 7.37. The maximum Gasteiger partial charge on any atom is 0.305 e. The number of aromatic nitrogens is 2. The van der Waals surface area contributed by atoms with Gasteiger partial charge in [-0.15, -0.1) is 0 Å². The number of rotatable bonds is 10. The lowest BCUT2D eigenvalue weighted by Crippen LogP contribution is -2.23. The highest BCUT2D eigenvalue weighted by Gasteiger charge is 2.17. The molecule has 152 valence electrons. The maximum atomic E-state index is 11.1. The number of fused-ring (bicyclic) bond motifs is 1. The van der Waals surface area contributed by atoms with Gasteiger partial charge in [-0.2, -0.15) is 0 Å². The Labute approximate surface area is 164 Å². The third kappa shape index (κ3) is 6.09. The van der Waals surface area contributed by atoms with Gasteiger partial charge < -0.3 is 20.1 Å². The van der Waals surface area contributed by atoms with Crippen LogP contribution in [-0.4, -0.2) is 50.6 Å². The standard InChI is InChI=1S/C21H28N2O5/c1-3-7-19(26)21-16(22-14-8-4-5-9-15(14)23-21)12-13-18(25)17(24)10-6-11-20(27)28-2/h4-5,8-9,12-13,17-19,24-26H,3,6-7,10-11H2,1-2H3/b13-12+/t17-,18+,19-/m0/s1. The summed E-state index contributed by atoms with van der Waals surface area (Å²) in [7, 11) is 1.31. The first-order valence-electron chi connectivity index (χ1n) is 9.52. The summed E-state index contributed by atoms with van der Waals surface area (Å²) in [6.45, 7) is 1.97. The number of hydrogen-bond donors (Lipinski definition) is 3. The topological polar surface area (TPSA) is 113 Å². The Bertz CT molecular complexity index is 808. The van der Waals surface area contributed by atoms with Crippen LogP contribution in [-0.2, 0) is 9.53 Å². The van der Waals surface area contributed by atoms with Gasteiger partial charge in [0.05, 0.1) is 47.8 Å². The van der Waals surface area contributed by atoms with Gasteiger partial charge in [0.1, 0.15) is 0 Å². The fraction of sp³-hybridized carbons (Fsp3) is 0.476. The van der Waals surface area contributed by atoms with Crippen LogP contribution in [0, 0.1) is 0 Å². The highest BCUT2D eigenvalue weighted by molar-refractivity contribution is 5.75. The van der Waals surface area contributed by atoms with Crippen molar-refractivity contribution in [3.8, 4) is 0 Å². The fourth-order valence-corrected chi connectivity index (χ4v) is 2.85. The molecule has 0 saturated heterocycles. The predicted molar refractivity (Wildman–Crippen MR) is 106 cm³/mol. The molecule has 7 heteroatoms. The molecule has 0 unspecified atom stereocenters. The van der Waals surface area contributed by atoms with E-state index in [1.54, 1.807) is 6.08 Å². The Balaban J connectivity index is 2.16. The molecule has 0 radical (unpaired) electrons. The van der Waals surface area contributed by atoms with Crippen LogP contribution in [0.4, 0.5) is 0 Å². The van der Waals surface area contributed by atoms with E-state index in [-0.39, 0.29) is 18.8 Å². The average Bonchev–Trinajstić information content (AvgIpc) is 2.71. The summed E-state index contributed by atoms with van der Waals surface area (Å²) in [5.74, 6) is -0.349. The molecule has 2 rings (SSSR count). The van der Waals surface area contributed by atoms with Gasteiger partial charge in [0.15, 0.2) is 0 Å². The normalized spacial score (nSPS) is 14.9. The average molecular weight is 388 g/mol. The van der Waals surface area contributed by atoms with Crippen molar-refractivity contribution >= 4 is 23.1 Å². The zero-order valence-corrected chi connectivity index (χ0v) is 16.3. The van der Waals surface area contributed by atoms with Crippen LogP contribution >= 0.6 is 0 Å². The zero-order chi connectivity index (χ0) is 20.5. The number of carbonyl (C=O) groups is 1. The van der Waals surface area contributed by atoms with Gasteiger partial charge in [0.25, 0.3) is 0 Å². The Morgan fingerprint density at radius 2 is 1.82 bits per heavy atom. The van der Waals surface area contributed by atoms with E-state index in [0.29, 0.717) is 35.3 Å². The molecule has 1 aromatic carbocycles. The number of methoxy groups -OCH3 is 1. The lowest BCUT2D eigenvalue weighted by atomic mass is 10.0. The van der Waals surface area contributed by atoms with Crippen molar-refractivity contribution in [1.82, 2.24) is 9.97 Å². The molecule has 0 amide bonds. The van der Waals surface area contributed by atoms with E-state index in [2.05, 4.69) is 14.7 Å². The summed E-state index contributed by atoms with van der Waals surface area (Å²) in [6.07, 6.45) is 2.31. The van der Waals surface area contributed by atoms with Crippen molar-refractivity contribution in [2.45, 2.75) is 57.3 Å². The van der Waals surface area contributed by atoms with E-state index in [1.165, 1.54) is 13.2 Å². The van der Waals surface area contributed by atoms with E-state index < -0.39 is 18.3 Å². The lowest BCUT2D eigenvalue weighted by molar-refractivity contribution is -0.140. The second-order valence-corrected chi connectivity index (χ2v) is 6.67. The smallest absolute Gasteiger partial charge is 0.305 e. The van der Waals surface area contributed by atoms with Gasteiger partial charge in [-0.05, 0) is 37.5 Å². The van der Waals surface area contributed by atoms with Crippen LogP contribution in [0.3, 0.4) is 0 Å². The molecular formula is C21H28N2O5. The molecule has 0 fully saturated rings. The van der Waals surface area contributed by atoms with Crippen molar-refractivity contribution in [2.75, 3.05) is 7.11 Å². The van der Waals surface area contributed by atoms with E-state index >= 15 is 0 Å². The SMILES string of the molecule is CCC[C@H](O)c1nc2ccccc2nc1/C=C/[C@@H](O)[C@@H](O)CCCC(=O)OC. The third-order valence-corrected chi connectivity index (χ3v) is 4.46. The molecule has 3 N–H and O–H groups in total. The number of nitrogens with zero attached hydrogens (tertiary/aromatic N) is 2. The van der Waals surface area contributed by atoms with E-state index in [1.807, 2.05) is 31.2 Å². The van der Waals surface area contributed by atoms with Crippen molar-refractivity contribution in [1.29, 1.82) is 0 Å². The summed E-state index contributed by atoms with van der Waals surface area (Å²) < 4.78 is 4.55. The first-order valence-corrected chi connectivity index (χ1v) is 9.52. The van der Waals surface area contributed by atoms with Gasteiger partial charge in [0.2, 0.25) is 0 Å². The number of esters is 1. The van der Waals surface area contributed by atoms with Crippen molar-refractivity contribution in [3.05, 3.63) is 41.7 Å². The van der Waals surface area contributed by atoms with Crippen molar-refractivity contribution in [3.63, 3.8) is 0 Å². The molecule has 1 heterocycles. The molecular weight excluding hydrogens is 360 g/mol. The molecule has 0 spiro atoms. The third-order valence-electron chi connectivity index (χ3n) is 4.46. The van der Waals surface area contributed by atoms with Crippen molar-refractivity contribution < 1.29 is 24.9 Å². The van der Waals surface area contributed by atoms with Gasteiger partial charge in [-0.1, -0.05) is 31.6 Å². The molecule has 0 aliphatic carbocycles. The Hall–Kier alpha value is -2.35. The van der Waals surface area contributed by atoms with Crippen LogP contribution in [0.5, 0.6) is 0 Å². The number of carbonyl (C=O) groups excluding carboxylic acids is 1. The number of aliphatic hydroxyl groups is 3. The van der Waals surface area contributed by atoms with Gasteiger partial charge in [-0.3, -0.25) is 4.79 Å². The molecule has 28 heavy (non-hydrogen) atoms. The van der Waals surface area contributed by atoms with Crippen LogP contribution < -0.4 is 0 Å². The predicted octanol–water partition coefficient (Wildman–Crippen LogP) is 2.54. The lowest BCUT2D eigenvalue weighted by Gasteiger charge is -2.15. The molecule has 0 aliphatic heterocycles. The number of benzene rings is 1. The first kappa shape index (κ1) is 21.9. The van der Waals surface area contributed by atoms with Crippen LogP contribution in [0.15, 0.2) is 30.3 Å². The first-order chi connectivity index (χ1) is 13.5. The second-order valence-electron chi connectivity index (χ2n) is 6.67. The largest absolute Gasteiger partial charge is 0.469 e. The van der Waals surface area contributed by atoms with E-state index in [0.717, 1.165) is 6.42 Å². The Kier molecular flexibility index (Phi) is 8.50. The van der Waals surface area contributed by atoms with E-state index in [4.69, 9.17) is 0 Å². The molecule has 0 saturated carbocycles. The minimum Gasteiger partial charge on any atom is -0.469 e. The summed E-state index contributed by atoms with van der Waals surface area (Å²) in [5.41, 5.74) is 2.28. The zero-order valence-electron chi connectivity index (χ0n) is 16.3. The summed E-state index contributed by atoms with van der Waals surface area (Å²) >= 11 is 0. The molecule has 7 nitrogen and oxygen atoms in total. The maximum absolute atomic E-state index is 11.1. The Morgan fingerprint density at radius 3 is 2.46 bits per heavy atom. The fourth-order valence-electron chi connectivity index (χ4n) is 2.85. The van der Waals surface area contributed by atoms with Gasteiger partial charge in [0, 0.05) is 6.42 Å². The van der Waals surface area contributed by atoms with Crippen molar-refractivity contribution in [2.24, 2.45) is 0 Å². The summed E-state index contributed by atoms with van der Waals surface area (Å²) in [4.78, 5) is 20.2. The van der Waals surface area contributed by atoms with Gasteiger partial charge in [-0.25, -0.2) is 9.97 Å². The highest BCUT2D eigenvalue weighted by Crippen LogP contribution is 2.23. The minimum absolute atomic E-state index is 0.188. The number of ether oxygens (including phenoxy) is 1. The van der Waals surface area contributed by atoms with Crippen LogP contribution in [0.1, 0.15) is 56.5 Å². The summed E-state index contributed by atoms with van der Waals surface area (Å²) in [5, 5.41) is 30.7. The molecule has 0 bridgehead atoms. The molecule has 2 aromatic rings. The second kappa shape index (κ2) is 10.8. The highest BCUT2D eigenvalue weighted by atomic mass is 16.5. The minimum atomic E-state index is -1.12. The quantitative estimate of drug-likeness (QED) is 0.536. The molecule has 1 aromatic heterocycles. The monoisotopic (exact) mass is 388 g/mol. The Morgan fingerprint density at radius 1 is 1.14 bits per heavy atom. The molecule has 3 atom stereocenters. The van der Waals surface area contributed by atoms with Crippen LogP contribution in [0.25, 0.3) is 17.1 Å². The van der Waals surface area contributed by atoms with E-state index in [9.17, 15) is 20.1 Å². The number of aliphatic hydroxyl groups excluding tert-OH is 3. The number of para-hydroxylation sites is 2. The number of hydrogen-bond acceptors (Lipinski definition) is 7. The van der Waals surface area contributed by atoms with Gasteiger partial charge >= 0.3 is 5.97 Å². The molecule has 0 aliphatic rings.